The van der Waals surface area contributed by atoms with Gasteiger partial charge >= 0.3 is 0 Å². The molecule has 0 bridgehead atoms. The van der Waals surface area contributed by atoms with E-state index in [-0.39, 0.29) is 0 Å². The topological polar surface area (TPSA) is 35.2 Å². The van der Waals surface area contributed by atoms with Gasteiger partial charge in [0.25, 0.3) is 0 Å². The Bertz CT molecular complexity index is 317. The number of hydrogen-bond acceptors (Lipinski definition) is 2. The van der Waals surface area contributed by atoms with Crippen LogP contribution in [0.3, 0.4) is 0 Å². The van der Waals surface area contributed by atoms with Crippen molar-refractivity contribution in [2.45, 2.75) is 0 Å². The average Bonchev–Trinajstić information content (AvgIpc) is 2.56. The van der Waals surface area contributed by atoms with Crippen molar-refractivity contribution < 1.29 is 4.74 Å². The zero-order valence-corrected chi connectivity index (χ0v) is 6.79. The average molecular weight is 161 g/mol. The molecule has 0 aliphatic carbocycles. The first-order chi connectivity index (χ1) is 5.86. The number of nitrogen functional groups attached to an aromatic ring is 1. The molecule has 0 radical (unpaired) electrons. The van der Waals surface area contributed by atoms with Gasteiger partial charge in [-0.3, -0.25) is 0 Å². The molecule has 0 saturated carbocycles. The Balaban J connectivity index is 2.33. The summed E-state index contributed by atoms with van der Waals surface area (Å²) in [6, 6.07) is 7.88. The fourth-order valence-corrected chi connectivity index (χ4v) is 1.33. The van der Waals surface area contributed by atoms with Crippen LogP contribution in [0.25, 0.3) is 5.57 Å². The molecule has 12 heavy (non-hydrogen) atoms. The zero-order chi connectivity index (χ0) is 8.39. The molecule has 1 aliphatic heterocycles. The van der Waals surface area contributed by atoms with Crippen molar-refractivity contribution in [3.05, 3.63) is 35.9 Å². The smallest absolute Gasteiger partial charge is 0.0724 e. The van der Waals surface area contributed by atoms with E-state index in [1.807, 2.05) is 18.2 Å². The van der Waals surface area contributed by atoms with Crippen molar-refractivity contribution in [3.8, 4) is 0 Å². The maximum absolute atomic E-state index is 5.66. The summed E-state index contributed by atoms with van der Waals surface area (Å²) in [6.07, 6.45) is 2.09. The molecule has 0 amide bonds. The van der Waals surface area contributed by atoms with E-state index in [2.05, 4.69) is 12.1 Å². The number of anilines is 1. The molecule has 0 aromatic heterocycles. The molecule has 2 nitrogen and oxygen atoms in total. The van der Waals surface area contributed by atoms with E-state index in [9.17, 15) is 0 Å². The van der Waals surface area contributed by atoms with E-state index >= 15 is 0 Å². The van der Waals surface area contributed by atoms with Gasteiger partial charge in [0.1, 0.15) is 0 Å². The van der Waals surface area contributed by atoms with Crippen molar-refractivity contribution >= 4 is 11.3 Å². The lowest BCUT2D eigenvalue weighted by Gasteiger charge is -2.01. The first-order valence-electron chi connectivity index (χ1n) is 3.99. The SMILES string of the molecule is Nc1cccc(C2=CCOC2)c1. The van der Waals surface area contributed by atoms with Crippen LogP contribution in [-0.2, 0) is 4.74 Å². The predicted molar refractivity (Wildman–Crippen MR) is 49.7 cm³/mol. The highest BCUT2D eigenvalue weighted by atomic mass is 16.5. The molecule has 2 rings (SSSR count). The molecule has 0 saturated heterocycles. The van der Waals surface area contributed by atoms with E-state index in [1.54, 1.807) is 0 Å². The van der Waals surface area contributed by atoms with Gasteiger partial charge in [-0.05, 0) is 23.3 Å². The third-order valence-corrected chi connectivity index (χ3v) is 1.96. The van der Waals surface area contributed by atoms with Gasteiger partial charge < -0.3 is 10.5 Å². The van der Waals surface area contributed by atoms with E-state index < -0.39 is 0 Å². The molecule has 0 spiro atoms. The van der Waals surface area contributed by atoms with Gasteiger partial charge in [-0.25, -0.2) is 0 Å². The summed E-state index contributed by atoms with van der Waals surface area (Å²) in [5, 5.41) is 0. The molecule has 1 aromatic rings. The van der Waals surface area contributed by atoms with E-state index in [0.717, 1.165) is 12.3 Å². The Morgan fingerprint density at radius 3 is 2.92 bits per heavy atom. The lowest BCUT2D eigenvalue weighted by Crippen LogP contribution is -1.90. The number of ether oxygens (including phenoxy) is 1. The van der Waals surface area contributed by atoms with Crippen LogP contribution in [0.5, 0.6) is 0 Å². The second kappa shape index (κ2) is 2.99. The lowest BCUT2D eigenvalue weighted by molar-refractivity contribution is 0.216. The summed E-state index contributed by atoms with van der Waals surface area (Å²) in [5.74, 6) is 0. The molecule has 0 fully saturated rings. The molecule has 1 heterocycles. The molecule has 2 heteroatoms. The van der Waals surface area contributed by atoms with E-state index in [4.69, 9.17) is 10.5 Å². The number of hydrogen-bond donors (Lipinski definition) is 1. The second-order valence-electron chi connectivity index (χ2n) is 2.87. The van der Waals surface area contributed by atoms with Gasteiger partial charge in [0.05, 0.1) is 13.2 Å². The molecule has 2 N–H and O–H groups in total. The van der Waals surface area contributed by atoms with Gasteiger partial charge in [-0.2, -0.15) is 0 Å². The lowest BCUT2D eigenvalue weighted by atomic mass is 10.1. The maximum Gasteiger partial charge on any atom is 0.0724 e. The normalized spacial score (nSPS) is 16.2. The Hall–Kier alpha value is -1.28. The van der Waals surface area contributed by atoms with Crippen LogP contribution in [0.4, 0.5) is 5.69 Å². The number of benzene rings is 1. The van der Waals surface area contributed by atoms with Gasteiger partial charge in [-0.1, -0.05) is 18.2 Å². The van der Waals surface area contributed by atoms with Crippen molar-refractivity contribution in [3.63, 3.8) is 0 Å². The minimum atomic E-state index is 0.712. The summed E-state index contributed by atoms with van der Waals surface area (Å²) in [5.41, 5.74) is 8.88. The Morgan fingerprint density at radius 2 is 2.25 bits per heavy atom. The molecular formula is C10H11NO. The predicted octanol–water partition coefficient (Wildman–Crippen LogP) is 1.68. The van der Waals surface area contributed by atoms with Crippen LogP contribution >= 0.6 is 0 Å². The standard InChI is InChI=1S/C10H11NO/c11-10-3-1-2-8(6-10)9-4-5-12-7-9/h1-4,6H,5,7,11H2. The highest BCUT2D eigenvalue weighted by Gasteiger charge is 2.06. The van der Waals surface area contributed by atoms with Gasteiger partial charge in [0.2, 0.25) is 0 Å². The Morgan fingerprint density at radius 1 is 1.33 bits per heavy atom. The van der Waals surface area contributed by atoms with Gasteiger partial charge in [0.15, 0.2) is 0 Å². The molecule has 1 aliphatic rings. The van der Waals surface area contributed by atoms with Gasteiger partial charge in [0, 0.05) is 5.69 Å². The minimum absolute atomic E-state index is 0.712. The zero-order valence-electron chi connectivity index (χ0n) is 6.79. The molecule has 62 valence electrons. The van der Waals surface area contributed by atoms with Crippen LogP contribution in [-0.4, -0.2) is 13.2 Å². The first-order valence-corrected chi connectivity index (χ1v) is 3.99. The molecule has 1 aromatic carbocycles. The number of rotatable bonds is 1. The van der Waals surface area contributed by atoms with Crippen LogP contribution in [0, 0.1) is 0 Å². The highest BCUT2D eigenvalue weighted by molar-refractivity contribution is 5.70. The third kappa shape index (κ3) is 1.34. The summed E-state index contributed by atoms with van der Waals surface area (Å²) >= 11 is 0. The largest absolute Gasteiger partial charge is 0.399 e. The monoisotopic (exact) mass is 161 g/mol. The van der Waals surface area contributed by atoms with Crippen molar-refractivity contribution in [2.75, 3.05) is 18.9 Å². The number of nitrogens with two attached hydrogens (primary N) is 1. The molecule has 0 unspecified atom stereocenters. The summed E-state index contributed by atoms with van der Waals surface area (Å²) in [7, 11) is 0. The molecule has 0 atom stereocenters. The van der Waals surface area contributed by atoms with E-state index in [1.165, 1.54) is 11.1 Å². The quantitative estimate of drug-likeness (QED) is 0.636. The van der Waals surface area contributed by atoms with Gasteiger partial charge in [-0.15, -0.1) is 0 Å². The van der Waals surface area contributed by atoms with Crippen LogP contribution in [0.2, 0.25) is 0 Å². The Kier molecular flexibility index (Phi) is 1.84. The summed E-state index contributed by atoms with van der Waals surface area (Å²) in [6.45, 7) is 1.44. The third-order valence-electron chi connectivity index (χ3n) is 1.96. The fourth-order valence-electron chi connectivity index (χ4n) is 1.33. The minimum Gasteiger partial charge on any atom is -0.399 e. The van der Waals surface area contributed by atoms with Crippen molar-refractivity contribution in [2.24, 2.45) is 0 Å². The van der Waals surface area contributed by atoms with Crippen LogP contribution in [0.15, 0.2) is 30.3 Å². The summed E-state index contributed by atoms with van der Waals surface area (Å²) < 4.78 is 5.22. The molecular weight excluding hydrogens is 150 g/mol. The second-order valence-corrected chi connectivity index (χ2v) is 2.87. The van der Waals surface area contributed by atoms with Crippen LogP contribution < -0.4 is 5.73 Å². The Labute approximate surface area is 71.6 Å². The maximum atomic E-state index is 5.66. The first kappa shape index (κ1) is 7.37. The van der Waals surface area contributed by atoms with Crippen LogP contribution in [0.1, 0.15) is 5.56 Å². The van der Waals surface area contributed by atoms with E-state index in [0.29, 0.717) is 6.61 Å². The summed E-state index contributed by atoms with van der Waals surface area (Å²) in [4.78, 5) is 0. The van der Waals surface area contributed by atoms with Crippen molar-refractivity contribution in [1.82, 2.24) is 0 Å². The highest BCUT2D eigenvalue weighted by Crippen LogP contribution is 2.20. The van der Waals surface area contributed by atoms with Crippen molar-refractivity contribution in [1.29, 1.82) is 0 Å². The fraction of sp³-hybridized carbons (Fsp3) is 0.200.